The van der Waals surface area contributed by atoms with Crippen molar-refractivity contribution in [1.29, 1.82) is 0 Å². The highest BCUT2D eigenvalue weighted by atomic mass is 79.9. The van der Waals surface area contributed by atoms with Gasteiger partial charge in [-0.05, 0) is 30.5 Å². The Morgan fingerprint density at radius 3 is 2.94 bits per heavy atom. The number of halogens is 2. The summed E-state index contributed by atoms with van der Waals surface area (Å²) in [4.78, 5) is 14.4. The first kappa shape index (κ1) is 12.6. The van der Waals surface area contributed by atoms with Crippen molar-refractivity contribution in [2.24, 2.45) is 5.92 Å². The molecule has 1 heterocycles. The van der Waals surface area contributed by atoms with Gasteiger partial charge in [0.05, 0.1) is 0 Å². The maximum absolute atomic E-state index is 13.1. The molecule has 1 aliphatic heterocycles. The molecule has 2 nitrogen and oxygen atoms in total. The second kappa shape index (κ2) is 5.17. The Morgan fingerprint density at radius 2 is 2.29 bits per heavy atom. The van der Waals surface area contributed by atoms with Gasteiger partial charge in [-0.3, -0.25) is 4.79 Å². The topological polar surface area (TPSA) is 20.3 Å². The van der Waals surface area contributed by atoms with Gasteiger partial charge < -0.3 is 4.90 Å². The van der Waals surface area contributed by atoms with Crippen molar-refractivity contribution in [2.45, 2.75) is 18.2 Å². The zero-order chi connectivity index (χ0) is 12.4. The summed E-state index contributed by atoms with van der Waals surface area (Å²) >= 11 is 3.60. The third-order valence-corrected chi connectivity index (χ3v) is 4.52. The predicted octanol–water partition coefficient (Wildman–Crippen LogP) is 3.07. The van der Waals surface area contributed by atoms with Gasteiger partial charge in [-0.1, -0.05) is 28.9 Å². The molecule has 92 valence electrons. The van der Waals surface area contributed by atoms with Crippen LogP contribution in [0.3, 0.4) is 0 Å². The van der Waals surface area contributed by atoms with E-state index >= 15 is 0 Å². The molecule has 0 aliphatic carbocycles. The highest BCUT2D eigenvalue weighted by Crippen LogP contribution is 2.24. The van der Waals surface area contributed by atoms with Crippen molar-refractivity contribution >= 4 is 21.8 Å². The van der Waals surface area contributed by atoms with Gasteiger partial charge in [-0.2, -0.15) is 0 Å². The molecule has 2 rings (SSSR count). The lowest BCUT2D eigenvalue weighted by molar-refractivity contribution is 0.0690. The van der Waals surface area contributed by atoms with E-state index in [0.29, 0.717) is 16.3 Å². The second-order valence-electron chi connectivity index (χ2n) is 4.54. The van der Waals surface area contributed by atoms with Crippen LogP contribution in [0.5, 0.6) is 0 Å². The quantitative estimate of drug-likeness (QED) is 0.730. The third kappa shape index (κ3) is 2.86. The number of alkyl halides is 1. The Labute approximate surface area is 109 Å². The molecule has 0 radical (unpaired) electrons. The standard InChI is InChI=1S/C13H15BrFNO/c1-9-8-16(6-5-12(9)14)13(17)10-3-2-4-11(15)7-10/h2-4,7,9,12H,5-6,8H2,1H3. The van der Waals surface area contributed by atoms with Crippen LogP contribution < -0.4 is 0 Å². The Balaban J connectivity index is 2.10. The van der Waals surface area contributed by atoms with E-state index in [-0.39, 0.29) is 11.7 Å². The maximum Gasteiger partial charge on any atom is 0.253 e. The molecule has 1 saturated heterocycles. The summed E-state index contributed by atoms with van der Waals surface area (Å²) in [7, 11) is 0. The normalized spacial score (nSPS) is 24.8. The van der Waals surface area contributed by atoms with Crippen molar-refractivity contribution in [3.05, 3.63) is 35.6 Å². The van der Waals surface area contributed by atoms with Gasteiger partial charge in [0.1, 0.15) is 5.82 Å². The minimum absolute atomic E-state index is 0.0734. The number of hydrogen-bond acceptors (Lipinski definition) is 1. The monoisotopic (exact) mass is 299 g/mol. The van der Waals surface area contributed by atoms with Gasteiger partial charge in [0.15, 0.2) is 0 Å². The van der Waals surface area contributed by atoms with Crippen LogP contribution in [0, 0.1) is 11.7 Å². The van der Waals surface area contributed by atoms with Crippen LogP contribution in [0.25, 0.3) is 0 Å². The van der Waals surface area contributed by atoms with Gasteiger partial charge in [0, 0.05) is 23.5 Å². The maximum atomic E-state index is 13.1. The molecule has 0 N–H and O–H groups in total. The number of carbonyl (C=O) groups is 1. The first-order chi connectivity index (χ1) is 8.08. The average molecular weight is 300 g/mol. The summed E-state index contributed by atoms with van der Waals surface area (Å²) < 4.78 is 13.1. The van der Waals surface area contributed by atoms with Crippen molar-refractivity contribution in [1.82, 2.24) is 4.90 Å². The molecule has 1 amide bonds. The largest absolute Gasteiger partial charge is 0.338 e. The van der Waals surface area contributed by atoms with Gasteiger partial charge >= 0.3 is 0 Å². The number of piperidine rings is 1. The Hall–Kier alpha value is -0.900. The highest BCUT2D eigenvalue weighted by Gasteiger charge is 2.27. The fourth-order valence-electron chi connectivity index (χ4n) is 2.11. The summed E-state index contributed by atoms with van der Waals surface area (Å²) in [5.41, 5.74) is 0.435. The van der Waals surface area contributed by atoms with Crippen molar-refractivity contribution in [2.75, 3.05) is 13.1 Å². The summed E-state index contributed by atoms with van der Waals surface area (Å²) in [6, 6.07) is 5.89. The van der Waals surface area contributed by atoms with Crippen molar-refractivity contribution in [3.63, 3.8) is 0 Å². The fraction of sp³-hybridized carbons (Fsp3) is 0.462. The second-order valence-corrected chi connectivity index (χ2v) is 5.72. The minimum Gasteiger partial charge on any atom is -0.338 e. The Bertz CT molecular complexity index is 424. The minimum atomic E-state index is -0.362. The van der Waals surface area contributed by atoms with E-state index in [2.05, 4.69) is 22.9 Å². The van der Waals surface area contributed by atoms with Crippen molar-refractivity contribution < 1.29 is 9.18 Å². The lowest BCUT2D eigenvalue weighted by Crippen LogP contribution is -2.43. The SMILES string of the molecule is CC1CN(C(=O)c2cccc(F)c2)CCC1Br. The number of rotatable bonds is 1. The number of carbonyl (C=O) groups excluding carboxylic acids is 1. The van der Waals surface area contributed by atoms with E-state index in [9.17, 15) is 9.18 Å². The summed E-state index contributed by atoms with van der Waals surface area (Å²) in [6.45, 7) is 3.57. The molecule has 2 atom stereocenters. The van der Waals surface area contributed by atoms with Crippen LogP contribution in [0.15, 0.2) is 24.3 Å². The molecule has 2 unspecified atom stereocenters. The number of benzene rings is 1. The van der Waals surface area contributed by atoms with Gasteiger partial charge in [-0.25, -0.2) is 4.39 Å². The van der Waals surface area contributed by atoms with E-state index in [0.717, 1.165) is 19.5 Å². The average Bonchev–Trinajstić information content (AvgIpc) is 2.32. The summed E-state index contributed by atoms with van der Waals surface area (Å²) in [6.07, 6.45) is 0.947. The van der Waals surface area contributed by atoms with Gasteiger partial charge in [0.2, 0.25) is 0 Å². The van der Waals surface area contributed by atoms with Crippen LogP contribution in [-0.2, 0) is 0 Å². The zero-order valence-electron chi connectivity index (χ0n) is 9.70. The summed E-state index contributed by atoms with van der Waals surface area (Å²) in [5, 5.41) is 0. The highest BCUT2D eigenvalue weighted by molar-refractivity contribution is 9.09. The Morgan fingerprint density at radius 1 is 1.53 bits per heavy atom. The molecule has 1 fully saturated rings. The molecule has 0 saturated carbocycles. The molecule has 1 aromatic carbocycles. The zero-order valence-corrected chi connectivity index (χ0v) is 11.3. The Kier molecular flexibility index (Phi) is 3.82. The number of nitrogens with zero attached hydrogens (tertiary/aromatic N) is 1. The van der Waals surface area contributed by atoms with Gasteiger partial charge in [0.25, 0.3) is 5.91 Å². The van der Waals surface area contributed by atoms with E-state index in [4.69, 9.17) is 0 Å². The van der Waals surface area contributed by atoms with Gasteiger partial charge in [-0.15, -0.1) is 0 Å². The number of amides is 1. The predicted molar refractivity (Wildman–Crippen MR) is 68.8 cm³/mol. The smallest absolute Gasteiger partial charge is 0.253 e. The van der Waals surface area contributed by atoms with Crippen LogP contribution >= 0.6 is 15.9 Å². The lowest BCUT2D eigenvalue weighted by Gasteiger charge is -2.34. The van der Waals surface area contributed by atoms with Crippen molar-refractivity contribution in [3.8, 4) is 0 Å². The fourth-order valence-corrected chi connectivity index (χ4v) is 2.48. The van der Waals surface area contributed by atoms with Crippen LogP contribution in [0.1, 0.15) is 23.7 Å². The van der Waals surface area contributed by atoms with Crippen LogP contribution in [0.4, 0.5) is 4.39 Å². The first-order valence-corrected chi connectivity index (χ1v) is 6.68. The van der Waals surface area contributed by atoms with Crippen LogP contribution in [0.2, 0.25) is 0 Å². The molecule has 0 spiro atoms. The van der Waals surface area contributed by atoms with Crippen LogP contribution in [-0.4, -0.2) is 28.7 Å². The molecule has 4 heteroatoms. The van der Waals surface area contributed by atoms with E-state index in [1.165, 1.54) is 12.1 Å². The summed E-state index contributed by atoms with van der Waals surface area (Å²) in [5.74, 6) is -0.00344. The van der Waals surface area contributed by atoms with E-state index in [1.807, 2.05) is 0 Å². The number of hydrogen-bond donors (Lipinski definition) is 0. The molecule has 17 heavy (non-hydrogen) atoms. The third-order valence-electron chi connectivity index (χ3n) is 3.16. The lowest BCUT2D eigenvalue weighted by atomic mass is 9.99. The molecule has 0 aromatic heterocycles. The van der Waals surface area contributed by atoms with E-state index in [1.54, 1.807) is 17.0 Å². The molecule has 1 aliphatic rings. The molecular weight excluding hydrogens is 285 g/mol. The number of likely N-dealkylation sites (tertiary alicyclic amines) is 1. The first-order valence-electron chi connectivity index (χ1n) is 5.77. The van der Waals surface area contributed by atoms with E-state index < -0.39 is 0 Å². The molecular formula is C13H15BrFNO. The molecule has 1 aromatic rings. The molecule has 0 bridgehead atoms.